The highest BCUT2D eigenvalue weighted by Gasteiger charge is 2.29. The maximum atomic E-state index is 12.2. The van der Waals surface area contributed by atoms with Gasteiger partial charge in [-0.15, -0.1) is 11.3 Å². The van der Waals surface area contributed by atoms with Crippen LogP contribution in [0.3, 0.4) is 0 Å². The summed E-state index contributed by atoms with van der Waals surface area (Å²) in [4.78, 5) is 13.1. The standard InChI is InChI=1S/C13H15NOS/c14-9-11(12-7-4-8-16-12)13(15)10-5-2-1-3-6-10/h4,7-8,10-11H,1-3,5-6H2. The fourth-order valence-electron chi connectivity index (χ4n) is 2.35. The van der Waals surface area contributed by atoms with Crippen molar-refractivity contribution in [3.05, 3.63) is 22.4 Å². The number of thiophene rings is 1. The first-order valence-corrected chi connectivity index (χ1v) is 6.67. The van der Waals surface area contributed by atoms with E-state index in [2.05, 4.69) is 6.07 Å². The number of rotatable bonds is 3. The van der Waals surface area contributed by atoms with E-state index in [0.717, 1.165) is 30.6 Å². The average molecular weight is 233 g/mol. The first-order chi connectivity index (χ1) is 7.83. The summed E-state index contributed by atoms with van der Waals surface area (Å²) in [5.74, 6) is -0.256. The molecule has 1 aromatic heterocycles. The van der Waals surface area contributed by atoms with Crippen LogP contribution in [0, 0.1) is 17.2 Å². The molecule has 0 amide bonds. The van der Waals surface area contributed by atoms with Crippen LogP contribution in [0.5, 0.6) is 0 Å². The number of nitriles is 1. The maximum absolute atomic E-state index is 12.2. The largest absolute Gasteiger partial charge is 0.297 e. The third-order valence-electron chi connectivity index (χ3n) is 3.25. The van der Waals surface area contributed by atoms with Crippen LogP contribution in [-0.4, -0.2) is 5.78 Å². The molecule has 2 rings (SSSR count). The molecule has 2 nitrogen and oxygen atoms in total. The molecule has 16 heavy (non-hydrogen) atoms. The van der Waals surface area contributed by atoms with Gasteiger partial charge in [-0.3, -0.25) is 4.79 Å². The molecule has 0 bridgehead atoms. The number of carbonyl (C=O) groups excluding carboxylic acids is 1. The minimum atomic E-state index is -0.525. The molecule has 0 radical (unpaired) electrons. The van der Waals surface area contributed by atoms with Crippen LogP contribution in [0.2, 0.25) is 0 Å². The fraction of sp³-hybridized carbons (Fsp3) is 0.538. The third kappa shape index (κ3) is 2.33. The van der Waals surface area contributed by atoms with E-state index in [-0.39, 0.29) is 11.7 Å². The number of hydrogen-bond acceptors (Lipinski definition) is 3. The molecule has 1 unspecified atom stereocenters. The number of carbonyl (C=O) groups is 1. The molecule has 0 N–H and O–H groups in total. The lowest BCUT2D eigenvalue weighted by Crippen LogP contribution is -2.22. The van der Waals surface area contributed by atoms with E-state index < -0.39 is 5.92 Å². The van der Waals surface area contributed by atoms with Gasteiger partial charge in [-0.2, -0.15) is 5.26 Å². The van der Waals surface area contributed by atoms with Crippen molar-refractivity contribution in [1.29, 1.82) is 5.26 Å². The van der Waals surface area contributed by atoms with Gasteiger partial charge in [0, 0.05) is 10.8 Å². The SMILES string of the molecule is N#CC(C(=O)C1CCCCC1)c1cccs1. The van der Waals surface area contributed by atoms with Crippen molar-refractivity contribution >= 4 is 17.1 Å². The van der Waals surface area contributed by atoms with Gasteiger partial charge < -0.3 is 0 Å². The fourth-order valence-corrected chi connectivity index (χ4v) is 3.12. The molecular weight excluding hydrogens is 218 g/mol. The summed E-state index contributed by atoms with van der Waals surface area (Å²) in [6.45, 7) is 0. The van der Waals surface area contributed by atoms with Crippen LogP contribution in [0.15, 0.2) is 17.5 Å². The van der Waals surface area contributed by atoms with E-state index in [1.54, 1.807) is 0 Å². The minimum absolute atomic E-state index is 0.125. The van der Waals surface area contributed by atoms with Crippen LogP contribution < -0.4 is 0 Å². The lowest BCUT2D eigenvalue weighted by molar-refractivity contribution is -0.124. The average Bonchev–Trinajstić information content (AvgIpc) is 2.85. The van der Waals surface area contributed by atoms with Gasteiger partial charge in [0.25, 0.3) is 0 Å². The van der Waals surface area contributed by atoms with Crippen molar-refractivity contribution < 1.29 is 4.79 Å². The van der Waals surface area contributed by atoms with E-state index in [1.165, 1.54) is 17.8 Å². The Labute approximate surface area is 99.9 Å². The van der Waals surface area contributed by atoms with Crippen molar-refractivity contribution in [3.8, 4) is 6.07 Å². The van der Waals surface area contributed by atoms with Crippen LogP contribution in [-0.2, 0) is 4.79 Å². The quantitative estimate of drug-likeness (QED) is 0.801. The molecule has 0 saturated heterocycles. The van der Waals surface area contributed by atoms with Gasteiger partial charge in [0.1, 0.15) is 5.92 Å². The molecule has 1 saturated carbocycles. The molecule has 1 aliphatic carbocycles. The van der Waals surface area contributed by atoms with E-state index >= 15 is 0 Å². The number of nitrogens with zero attached hydrogens (tertiary/aromatic N) is 1. The summed E-state index contributed by atoms with van der Waals surface area (Å²) in [5, 5.41) is 11.1. The third-order valence-corrected chi connectivity index (χ3v) is 4.19. The Bertz CT molecular complexity index is 385. The second kappa shape index (κ2) is 5.27. The zero-order chi connectivity index (χ0) is 11.4. The summed E-state index contributed by atoms with van der Waals surface area (Å²) in [7, 11) is 0. The normalized spacial score (nSPS) is 18.9. The zero-order valence-corrected chi connectivity index (χ0v) is 10.0. The lowest BCUT2D eigenvalue weighted by Gasteiger charge is -2.21. The summed E-state index contributed by atoms with van der Waals surface area (Å²) in [6.07, 6.45) is 5.46. The highest BCUT2D eigenvalue weighted by atomic mass is 32.1. The topological polar surface area (TPSA) is 40.9 Å². The second-order valence-corrected chi connectivity index (χ2v) is 5.29. The van der Waals surface area contributed by atoms with Crippen molar-refractivity contribution in [2.45, 2.75) is 38.0 Å². The highest BCUT2D eigenvalue weighted by molar-refractivity contribution is 7.10. The van der Waals surface area contributed by atoms with Crippen LogP contribution >= 0.6 is 11.3 Å². The summed E-state index contributed by atoms with van der Waals surface area (Å²) >= 11 is 1.50. The second-order valence-electron chi connectivity index (χ2n) is 4.31. The number of hydrogen-bond donors (Lipinski definition) is 0. The van der Waals surface area contributed by atoms with E-state index in [1.807, 2.05) is 17.5 Å². The molecule has 1 fully saturated rings. The Morgan fingerprint density at radius 2 is 2.19 bits per heavy atom. The van der Waals surface area contributed by atoms with Crippen molar-refractivity contribution in [2.24, 2.45) is 5.92 Å². The molecule has 84 valence electrons. The lowest BCUT2D eigenvalue weighted by atomic mass is 9.81. The molecule has 1 aromatic rings. The molecule has 1 aliphatic rings. The first-order valence-electron chi connectivity index (χ1n) is 5.79. The monoisotopic (exact) mass is 233 g/mol. The van der Waals surface area contributed by atoms with Crippen LogP contribution in [0.4, 0.5) is 0 Å². The number of Topliss-reactive ketones (excluding diaryl/α,β-unsaturated/α-hetero) is 1. The summed E-state index contributed by atoms with van der Waals surface area (Å²) in [6, 6.07) is 5.95. The highest BCUT2D eigenvalue weighted by Crippen LogP contribution is 2.31. The Balaban J connectivity index is 2.10. The van der Waals surface area contributed by atoms with Gasteiger partial charge in [0.2, 0.25) is 0 Å². The van der Waals surface area contributed by atoms with Crippen molar-refractivity contribution in [1.82, 2.24) is 0 Å². The van der Waals surface area contributed by atoms with Gasteiger partial charge in [0.05, 0.1) is 6.07 Å². The summed E-state index contributed by atoms with van der Waals surface area (Å²) in [5.41, 5.74) is 0. The van der Waals surface area contributed by atoms with Crippen molar-refractivity contribution in [2.75, 3.05) is 0 Å². The van der Waals surface area contributed by atoms with Crippen LogP contribution in [0.25, 0.3) is 0 Å². The Morgan fingerprint density at radius 3 is 2.75 bits per heavy atom. The molecule has 3 heteroatoms. The molecular formula is C13H15NOS. The van der Waals surface area contributed by atoms with Crippen molar-refractivity contribution in [3.63, 3.8) is 0 Å². The first kappa shape index (κ1) is 11.3. The van der Waals surface area contributed by atoms with Gasteiger partial charge in [-0.05, 0) is 24.3 Å². The van der Waals surface area contributed by atoms with E-state index in [9.17, 15) is 4.79 Å². The Morgan fingerprint density at radius 1 is 1.44 bits per heavy atom. The molecule has 0 aromatic carbocycles. The summed E-state index contributed by atoms with van der Waals surface area (Å²) < 4.78 is 0. The van der Waals surface area contributed by atoms with E-state index in [4.69, 9.17) is 5.26 Å². The maximum Gasteiger partial charge on any atom is 0.158 e. The molecule has 0 aliphatic heterocycles. The predicted octanol–water partition coefficient (Wildman–Crippen LogP) is 3.50. The Kier molecular flexibility index (Phi) is 3.74. The molecule has 1 heterocycles. The van der Waals surface area contributed by atoms with Gasteiger partial charge in [-0.25, -0.2) is 0 Å². The molecule has 0 spiro atoms. The van der Waals surface area contributed by atoms with Gasteiger partial charge in [-0.1, -0.05) is 25.3 Å². The van der Waals surface area contributed by atoms with E-state index in [0.29, 0.717) is 0 Å². The zero-order valence-electron chi connectivity index (χ0n) is 9.19. The predicted molar refractivity (Wildman–Crippen MR) is 64.3 cm³/mol. The van der Waals surface area contributed by atoms with Crippen LogP contribution in [0.1, 0.15) is 42.9 Å². The number of ketones is 1. The van der Waals surface area contributed by atoms with Gasteiger partial charge in [0.15, 0.2) is 5.78 Å². The Hall–Kier alpha value is -1.14. The van der Waals surface area contributed by atoms with Gasteiger partial charge >= 0.3 is 0 Å². The minimum Gasteiger partial charge on any atom is -0.297 e. The molecule has 1 atom stereocenters. The smallest absolute Gasteiger partial charge is 0.158 e.